The lowest BCUT2D eigenvalue weighted by molar-refractivity contribution is -0.154. The molecule has 3 N–H and O–H groups in total. The van der Waals surface area contributed by atoms with Gasteiger partial charge in [0.05, 0.1) is 19.8 Å². The van der Waals surface area contributed by atoms with Gasteiger partial charge in [0.15, 0.2) is 0 Å². The van der Waals surface area contributed by atoms with E-state index >= 15 is 0 Å². The van der Waals surface area contributed by atoms with Gasteiger partial charge in [0, 0.05) is 19.6 Å². The Morgan fingerprint density at radius 1 is 1.00 bits per heavy atom. The van der Waals surface area contributed by atoms with Crippen LogP contribution in [0.15, 0.2) is 0 Å². The minimum Gasteiger partial charge on any atom is -0.457 e. The van der Waals surface area contributed by atoms with Gasteiger partial charge in [-0.2, -0.15) is 0 Å². The first kappa shape index (κ1) is 25.5. The van der Waals surface area contributed by atoms with E-state index in [0.29, 0.717) is 13.0 Å². The molecule has 0 aromatic rings. The Bertz CT molecular complexity index is 395. The van der Waals surface area contributed by atoms with Gasteiger partial charge < -0.3 is 20.1 Å². The van der Waals surface area contributed by atoms with Crippen molar-refractivity contribution in [3.8, 4) is 0 Å². The zero-order valence-electron chi connectivity index (χ0n) is 16.2. The summed E-state index contributed by atoms with van der Waals surface area (Å²) in [6, 6.07) is 0. The SMILES string of the molecule is CCCCCCCCOCC(COP(=O)(O)OCCN)OC(=O)CCC. The van der Waals surface area contributed by atoms with Crippen LogP contribution in [0.1, 0.15) is 65.2 Å². The van der Waals surface area contributed by atoms with Crippen LogP contribution in [-0.2, 0) is 27.9 Å². The first-order chi connectivity index (χ1) is 12.4. The topological polar surface area (TPSA) is 117 Å². The number of unbranched alkanes of at least 4 members (excludes halogenated alkanes) is 5. The van der Waals surface area contributed by atoms with E-state index in [9.17, 15) is 14.3 Å². The molecule has 26 heavy (non-hydrogen) atoms. The Labute approximate surface area is 157 Å². The molecular formula is C17H36NO7P. The van der Waals surface area contributed by atoms with Crippen molar-refractivity contribution in [2.24, 2.45) is 5.73 Å². The molecule has 0 amide bonds. The predicted molar refractivity (Wildman–Crippen MR) is 99.8 cm³/mol. The Kier molecular flexibility index (Phi) is 16.3. The van der Waals surface area contributed by atoms with Crippen LogP contribution < -0.4 is 5.73 Å². The third-order valence-corrected chi connectivity index (χ3v) is 4.48. The molecule has 0 spiro atoms. The average Bonchev–Trinajstić information content (AvgIpc) is 2.60. The zero-order chi connectivity index (χ0) is 19.7. The normalized spacial score (nSPS) is 14.8. The highest BCUT2D eigenvalue weighted by molar-refractivity contribution is 7.47. The second-order valence-electron chi connectivity index (χ2n) is 6.09. The molecule has 0 bridgehead atoms. The molecule has 2 atom stereocenters. The van der Waals surface area contributed by atoms with Crippen molar-refractivity contribution >= 4 is 13.8 Å². The number of carbonyl (C=O) groups is 1. The van der Waals surface area contributed by atoms with E-state index in [-0.39, 0.29) is 38.8 Å². The van der Waals surface area contributed by atoms with E-state index in [2.05, 4.69) is 11.4 Å². The fourth-order valence-electron chi connectivity index (χ4n) is 2.15. The molecule has 9 heteroatoms. The fourth-order valence-corrected chi connectivity index (χ4v) is 2.91. The van der Waals surface area contributed by atoms with Crippen LogP contribution in [0.5, 0.6) is 0 Å². The van der Waals surface area contributed by atoms with Crippen LogP contribution in [0, 0.1) is 0 Å². The number of phosphoric ester groups is 1. The summed E-state index contributed by atoms with van der Waals surface area (Å²) >= 11 is 0. The number of hydrogen-bond acceptors (Lipinski definition) is 7. The minimum absolute atomic E-state index is 0.0946. The lowest BCUT2D eigenvalue weighted by Crippen LogP contribution is -2.28. The molecule has 0 aliphatic heterocycles. The van der Waals surface area contributed by atoms with Crippen molar-refractivity contribution in [3.63, 3.8) is 0 Å². The molecule has 0 aliphatic carbocycles. The van der Waals surface area contributed by atoms with Crippen molar-refractivity contribution in [1.29, 1.82) is 0 Å². The van der Waals surface area contributed by atoms with Gasteiger partial charge in [-0.15, -0.1) is 0 Å². The quantitative estimate of drug-likeness (QED) is 0.206. The number of esters is 1. The highest BCUT2D eigenvalue weighted by Crippen LogP contribution is 2.43. The molecular weight excluding hydrogens is 361 g/mol. The summed E-state index contributed by atoms with van der Waals surface area (Å²) in [5.74, 6) is -0.389. The zero-order valence-corrected chi connectivity index (χ0v) is 17.1. The number of hydrogen-bond donors (Lipinski definition) is 2. The second kappa shape index (κ2) is 16.7. The molecule has 0 rings (SSSR count). The third kappa shape index (κ3) is 15.7. The smallest absolute Gasteiger partial charge is 0.457 e. The van der Waals surface area contributed by atoms with Gasteiger partial charge in [-0.25, -0.2) is 4.57 Å². The van der Waals surface area contributed by atoms with E-state index in [1.807, 2.05) is 6.92 Å². The van der Waals surface area contributed by atoms with Gasteiger partial charge in [0.25, 0.3) is 0 Å². The summed E-state index contributed by atoms with van der Waals surface area (Å²) < 4.78 is 32.0. The van der Waals surface area contributed by atoms with E-state index < -0.39 is 13.9 Å². The monoisotopic (exact) mass is 397 g/mol. The standard InChI is InChI=1S/C17H36NO7P/c1-3-5-6-7-8-9-12-22-14-16(25-17(19)10-4-2)15-24-26(20,21)23-13-11-18/h16H,3-15,18H2,1-2H3,(H,20,21). The molecule has 156 valence electrons. The fraction of sp³-hybridized carbons (Fsp3) is 0.941. The van der Waals surface area contributed by atoms with E-state index in [0.717, 1.165) is 12.8 Å². The summed E-state index contributed by atoms with van der Waals surface area (Å²) in [4.78, 5) is 21.2. The van der Waals surface area contributed by atoms with Crippen molar-refractivity contribution in [1.82, 2.24) is 0 Å². The van der Waals surface area contributed by atoms with Gasteiger partial charge in [0.2, 0.25) is 0 Å². The Morgan fingerprint density at radius 3 is 2.35 bits per heavy atom. The van der Waals surface area contributed by atoms with Crippen molar-refractivity contribution < 1.29 is 32.8 Å². The maximum atomic E-state index is 11.7. The molecule has 0 saturated heterocycles. The maximum Gasteiger partial charge on any atom is 0.472 e. The number of carbonyl (C=O) groups excluding carboxylic acids is 1. The highest BCUT2D eigenvalue weighted by Gasteiger charge is 2.24. The molecule has 0 radical (unpaired) electrons. The molecule has 0 fully saturated rings. The Balaban J connectivity index is 4.17. The lowest BCUT2D eigenvalue weighted by Gasteiger charge is -2.19. The molecule has 0 heterocycles. The molecule has 0 aromatic heterocycles. The van der Waals surface area contributed by atoms with Crippen molar-refractivity contribution in [2.45, 2.75) is 71.3 Å². The van der Waals surface area contributed by atoms with Crippen molar-refractivity contribution in [2.75, 3.05) is 33.0 Å². The highest BCUT2D eigenvalue weighted by atomic mass is 31.2. The largest absolute Gasteiger partial charge is 0.472 e. The Morgan fingerprint density at radius 2 is 1.69 bits per heavy atom. The van der Waals surface area contributed by atoms with Crippen LogP contribution in [0.3, 0.4) is 0 Å². The van der Waals surface area contributed by atoms with Crippen molar-refractivity contribution in [3.05, 3.63) is 0 Å². The number of ether oxygens (including phenoxy) is 2. The summed E-state index contributed by atoms with van der Waals surface area (Å²) in [7, 11) is -4.21. The molecule has 0 saturated carbocycles. The Hall–Kier alpha value is -0.500. The predicted octanol–water partition coefficient (Wildman–Crippen LogP) is 3.17. The average molecular weight is 397 g/mol. The first-order valence-corrected chi connectivity index (χ1v) is 11.0. The van der Waals surface area contributed by atoms with Gasteiger partial charge >= 0.3 is 13.8 Å². The van der Waals surface area contributed by atoms with Crippen LogP contribution >= 0.6 is 7.82 Å². The van der Waals surface area contributed by atoms with Crippen LogP contribution in [0.2, 0.25) is 0 Å². The minimum atomic E-state index is -4.21. The summed E-state index contributed by atoms with van der Waals surface area (Å²) in [5, 5.41) is 0. The second-order valence-corrected chi connectivity index (χ2v) is 7.54. The lowest BCUT2D eigenvalue weighted by atomic mass is 10.1. The molecule has 8 nitrogen and oxygen atoms in total. The van der Waals surface area contributed by atoms with E-state index in [1.54, 1.807) is 0 Å². The van der Waals surface area contributed by atoms with Crippen LogP contribution in [0.4, 0.5) is 0 Å². The maximum absolute atomic E-state index is 11.7. The van der Waals surface area contributed by atoms with Gasteiger partial charge in [-0.3, -0.25) is 13.8 Å². The molecule has 0 aromatic carbocycles. The van der Waals surface area contributed by atoms with Gasteiger partial charge in [-0.05, 0) is 12.8 Å². The first-order valence-electron chi connectivity index (χ1n) is 9.54. The van der Waals surface area contributed by atoms with Gasteiger partial charge in [0.1, 0.15) is 6.10 Å². The summed E-state index contributed by atoms with van der Waals surface area (Å²) in [6.45, 7) is 4.44. The van der Waals surface area contributed by atoms with Crippen LogP contribution in [-0.4, -0.2) is 49.9 Å². The number of phosphoric acid groups is 1. The van der Waals surface area contributed by atoms with E-state index in [1.165, 1.54) is 25.7 Å². The molecule has 0 aliphatic rings. The molecule has 2 unspecified atom stereocenters. The number of rotatable bonds is 18. The van der Waals surface area contributed by atoms with Crippen LogP contribution in [0.25, 0.3) is 0 Å². The number of nitrogens with two attached hydrogens (primary N) is 1. The third-order valence-electron chi connectivity index (χ3n) is 3.49. The van der Waals surface area contributed by atoms with E-state index in [4.69, 9.17) is 19.7 Å². The van der Waals surface area contributed by atoms with Gasteiger partial charge in [-0.1, -0.05) is 46.0 Å². The summed E-state index contributed by atoms with van der Waals surface area (Å²) in [5.41, 5.74) is 5.22. The summed E-state index contributed by atoms with van der Waals surface area (Å²) in [6.07, 6.45) is 7.07.